The Morgan fingerprint density at radius 3 is 2.81 bits per heavy atom. The number of carbonyl (C=O) groups excluding carboxylic acids is 1. The van der Waals surface area contributed by atoms with Crippen molar-refractivity contribution >= 4 is 5.91 Å². The summed E-state index contributed by atoms with van der Waals surface area (Å²) in [5, 5.41) is 0. The fourth-order valence-corrected chi connectivity index (χ4v) is 2.11. The molecule has 0 atom stereocenters. The molecule has 0 radical (unpaired) electrons. The quantitative estimate of drug-likeness (QED) is 0.504. The Morgan fingerprint density at radius 1 is 1.38 bits per heavy atom. The summed E-state index contributed by atoms with van der Waals surface area (Å²) in [6.45, 7) is 6.50. The largest absolute Gasteiger partial charge is 0.488 e. The molecular formula is C16H20N2O3. The summed E-state index contributed by atoms with van der Waals surface area (Å²) in [7, 11) is 0. The highest BCUT2D eigenvalue weighted by Gasteiger charge is 2.15. The first-order valence-corrected chi connectivity index (χ1v) is 6.83. The fourth-order valence-electron chi connectivity index (χ4n) is 2.11. The summed E-state index contributed by atoms with van der Waals surface area (Å²) in [4.78, 5) is 11.6. The van der Waals surface area contributed by atoms with Gasteiger partial charge in [0.2, 0.25) is 0 Å². The lowest BCUT2D eigenvalue weighted by Crippen LogP contribution is -2.30. The number of carbonyl (C=O) groups is 1. The van der Waals surface area contributed by atoms with Crippen LogP contribution in [0.25, 0.3) is 0 Å². The molecule has 0 aliphatic heterocycles. The Bertz CT molecular complexity index is 632. The normalized spacial score (nSPS) is 10.7. The van der Waals surface area contributed by atoms with E-state index in [4.69, 9.17) is 15.0 Å². The molecule has 0 bridgehead atoms. The lowest BCUT2D eigenvalue weighted by molar-refractivity contribution is 0.0922. The monoisotopic (exact) mass is 288 g/mol. The maximum Gasteiger partial charge on any atom is 0.301 e. The molecule has 21 heavy (non-hydrogen) atoms. The van der Waals surface area contributed by atoms with E-state index in [0.717, 1.165) is 16.9 Å². The van der Waals surface area contributed by atoms with Crippen molar-refractivity contribution in [1.29, 1.82) is 0 Å². The van der Waals surface area contributed by atoms with Crippen molar-refractivity contribution in [2.24, 2.45) is 5.84 Å². The predicted octanol–water partition coefficient (Wildman–Crippen LogP) is 2.89. The molecule has 0 fully saturated rings. The summed E-state index contributed by atoms with van der Waals surface area (Å²) in [6, 6.07) is 7.83. The third kappa shape index (κ3) is 3.44. The molecule has 0 aliphatic rings. The highest BCUT2D eigenvalue weighted by Crippen LogP contribution is 2.28. The number of hydrogen-bond donors (Lipinski definition) is 2. The van der Waals surface area contributed by atoms with E-state index in [-0.39, 0.29) is 12.4 Å². The standard InChI is InChI=1S/C16H20N2O3/c1-10(2)13-5-4-11(3)8-14(13)21-9-12-6-7-20-15(12)16(19)18-17/h4-8,10H,9,17H2,1-3H3,(H,18,19). The number of nitrogen functional groups attached to an aromatic ring is 1. The zero-order chi connectivity index (χ0) is 15.4. The number of nitrogens with one attached hydrogen (secondary N) is 1. The van der Waals surface area contributed by atoms with Crippen LogP contribution in [-0.2, 0) is 6.61 Å². The highest BCUT2D eigenvalue weighted by atomic mass is 16.5. The van der Waals surface area contributed by atoms with Crippen molar-refractivity contribution in [3.63, 3.8) is 0 Å². The maximum atomic E-state index is 11.6. The van der Waals surface area contributed by atoms with Gasteiger partial charge in [-0.15, -0.1) is 0 Å². The van der Waals surface area contributed by atoms with Crippen molar-refractivity contribution < 1.29 is 13.9 Å². The van der Waals surface area contributed by atoms with Crippen LogP contribution in [-0.4, -0.2) is 5.91 Å². The van der Waals surface area contributed by atoms with Crippen molar-refractivity contribution in [3.8, 4) is 5.75 Å². The molecule has 112 valence electrons. The van der Waals surface area contributed by atoms with Crippen LogP contribution >= 0.6 is 0 Å². The molecule has 5 heteroatoms. The van der Waals surface area contributed by atoms with Gasteiger partial charge in [0.15, 0.2) is 5.76 Å². The van der Waals surface area contributed by atoms with Crippen molar-refractivity contribution in [1.82, 2.24) is 5.43 Å². The van der Waals surface area contributed by atoms with Crippen molar-refractivity contribution in [2.45, 2.75) is 33.3 Å². The third-order valence-electron chi connectivity index (χ3n) is 3.26. The SMILES string of the molecule is Cc1ccc(C(C)C)c(OCc2ccoc2C(=O)NN)c1. The molecule has 1 aromatic carbocycles. The molecule has 0 spiro atoms. The van der Waals surface area contributed by atoms with Crippen LogP contribution in [0.1, 0.15) is 47.0 Å². The minimum absolute atomic E-state index is 0.177. The van der Waals surface area contributed by atoms with Gasteiger partial charge in [-0.25, -0.2) is 5.84 Å². The number of hydrogen-bond acceptors (Lipinski definition) is 4. The predicted molar refractivity (Wildman–Crippen MR) is 80.0 cm³/mol. The minimum atomic E-state index is -0.466. The smallest absolute Gasteiger partial charge is 0.301 e. The molecule has 0 aliphatic carbocycles. The van der Waals surface area contributed by atoms with Gasteiger partial charge in [0, 0.05) is 5.56 Å². The molecule has 0 saturated carbocycles. The zero-order valence-corrected chi connectivity index (χ0v) is 12.5. The van der Waals surface area contributed by atoms with Crippen LogP contribution in [0.3, 0.4) is 0 Å². The van der Waals surface area contributed by atoms with Gasteiger partial charge in [-0.2, -0.15) is 0 Å². The van der Waals surface area contributed by atoms with Gasteiger partial charge in [-0.05, 0) is 36.1 Å². The van der Waals surface area contributed by atoms with Crippen LogP contribution in [0, 0.1) is 6.92 Å². The van der Waals surface area contributed by atoms with Gasteiger partial charge in [0.05, 0.1) is 6.26 Å². The molecule has 1 heterocycles. The van der Waals surface area contributed by atoms with Gasteiger partial charge < -0.3 is 9.15 Å². The van der Waals surface area contributed by atoms with Crippen LogP contribution in [0.4, 0.5) is 0 Å². The summed E-state index contributed by atoms with van der Waals surface area (Å²) in [5.74, 6) is 6.02. The number of ether oxygens (including phenoxy) is 1. The Balaban J connectivity index is 2.19. The third-order valence-corrected chi connectivity index (χ3v) is 3.26. The minimum Gasteiger partial charge on any atom is -0.488 e. The van der Waals surface area contributed by atoms with Gasteiger partial charge >= 0.3 is 5.91 Å². The molecular weight excluding hydrogens is 268 g/mol. The van der Waals surface area contributed by atoms with Gasteiger partial charge in [-0.3, -0.25) is 10.2 Å². The molecule has 1 amide bonds. The van der Waals surface area contributed by atoms with Gasteiger partial charge in [0.25, 0.3) is 0 Å². The first-order chi connectivity index (χ1) is 10.0. The summed E-state index contributed by atoms with van der Waals surface area (Å²) < 4.78 is 11.0. The molecule has 5 nitrogen and oxygen atoms in total. The van der Waals surface area contributed by atoms with Crippen LogP contribution in [0.15, 0.2) is 34.9 Å². The van der Waals surface area contributed by atoms with E-state index in [9.17, 15) is 4.79 Å². The van der Waals surface area contributed by atoms with Crippen molar-refractivity contribution in [3.05, 3.63) is 53.0 Å². The average molecular weight is 288 g/mol. The average Bonchev–Trinajstić information content (AvgIpc) is 2.92. The van der Waals surface area contributed by atoms with E-state index in [1.807, 2.05) is 13.0 Å². The number of hydrazine groups is 1. The van der Waals surface area contributed by atoms with E-state index < -0.39 is 5.91 Å². The number of nitrogens with two attached hydrogens (primary N) is 1. The lowest BCUT2D eigenvalue weighted by Gasteiger charge is -2.14. The van der Waals surface area contributed by atoms with Gasteiger partial charge in [-0.1, -0.05) is 26.0 Å². The van der Waals surface area contributed by atoms with Crippen LogP contribution in [0.5, 0.6) is 5.75 Å². The highest BCUT2D eigenvalue weighted by molar-refractivity contribution is 5.92. The molecule has 3 N–H and O–H groups in total. The molecule has 2 aromatic rings. The topological polar surface area (TPSA) is 77.5 Å². The maximum absolute atomic E-state index is 11.6. The van der Waals surface area contributed by atoms with Gasteiger partial charge in [0.1, 0.15) is 12.4 Å². The summed E-state index contributed by atoms with van der Waals surface area (Å²) in [6.07, 6.45) is 1.45. The Morgan fingerprint density at radius 2 is 2.14 bits per heavy atom. The van der Waals surface area contributed by atoms with E-state index >= 15 is 0 Å². The fraction of sp³-hybridized carbons (Fsp3) is 0.312. The van der Waals surface area contributed by atoms with Crippen LogP contribution in [0.2, 0.25) is 0 Å². The summed E-state index contributed by atoms with van der Waals surface area (Å²) in [5.41, 5.74) is 4.98. The lowest BCUT2D eigenvalue weighted by atomic mass is 10.0. The van der Waals surface area contributed by atoms with Crippen molar-refractivity contribution in [2.75, 3.05) is 0 Å². The van der Waals surface area contributed by atoms with E-state index in [2.05, 4.69) is 31.4 Å². The van der Waals surface area contributed by atoms with E-state index in [1.165, 1.54) is 6.26 Å². The summed E-state index contributed by atoms with van der Waals surface area (Å²) >= 11 is 0. The number of rotatable bonds is 5. The first kappa shape index (κ1) is 15.1. The van der Waals surface area contributed by atoms with E-state index in [0.29, 0.717) is 11.5 Å². The van der Waals surface area contributed by atoms with Crippen LogP contribution < -0.4 is 16.0 Å². The Hall–Kier alpha value is -2.27. The molecule has 1 aromatic heterocycles. The number of furan rings is 1. The second kappa shape index (κ2) is 6.45. The zero-order valence-electron chi connectivity index (χ0n) is 12.5. The number of benzene rings is 1. The van der Waals surface area contributed by atoms with E-state index in [1.54, 1.807) is 6.07 Å². The molecule has 2 rings (SSSR count). The Labute approximate surface area is 124 Å². The number of amides is 1. The Kier molecular flexibility index (Phi) is 4.65. The second-order valence-electron chi connectivity index (χ2n) is 5.23. The number of aryl methyl sites for hydroxylation is 1. The second-order valence-corrected chi connectivity index (χ2v) is 5.23. The molecule has 0 saturated heterocycles. The first-order valence-electron chi connectivity index (χ1n) is 6.83. The molecule has 0 unspecified atom stereocenters.